The van der Waals surface area contributed by atoms with E-state index in [0.29, 0.717) is 6.04 Å². The van der Waals surface area contributed by atoms with Gasteiger partial charge in [0.2, 0.25) is 5.95 Å². The minimum Gasteiger partial charge on any atom is -0.339 e. The van der Waals surface area contributed by atoms with Gasteiger partial charge in [0.1, 0.15) is 0 Å². The monoisotopic (exact) mass is 289 g/mol. The fourth-order valence-electron chi connectivity index (χ4n) is 2.51. The molecule has 3 heterocycles. The fourth-order valence-corrected chi connectivity index (χ4v) is 3.24. The van der Waals surface area contributed by atoms with Crippen LogP contribution < -0.4 is 10.2 Å². The van der Waals surface area contributed by atoms with Crippen molar-refractivity contribution >= 4 is 17.3 Å². The minimum atomic E-state index is 0.494. The SMILES string of the molecule is Cc1ncsc1CNC1CCCN(c2ncccn2)C1. The predicted molar refractivity (Wildman–Crippen MR) is 81.0 cm³/mol. The molecule has 1 aliphatic heterocycles. The fraction of sp³-hybridized carbons (Fsp3) is 0.500. The lowest BCUT2D eigenvalue weighted by atomic mass is 10.1. The van der Waals surface area contributed by atoms with Gasteiger partial charge in [0, 0.05) is 42.9 Å². The van der Waals surface area contributed by atoms with Crippen molar-refractivity contribution < 1.29 is 0 Å². The van der Waals surface area contributed by atoms with E-state index in [1.807, 2.05) is 11.6 Å². The van der Waals surface area contributed by atoms with Crippen LogP contribution in [0.3, 0.4) is 0 Å². The normalized spacial score (nSPS) is 19.2. The number of thiazole rings is 1. The van der Waals surface area contributed by atoms with Crippen molar-refractivity contribution in [2.75, 3.05) is 18.0 Å². The van der Waals surface area contributed by atoms with Gasteiger partial charge in [0.25, 0.3) is 0 Å². The number of nitrogens with one attached hydrogen (secondary N) is 1. The highest BCUT2D eigenvalue weighted by Gasteiger charge is 2.21. The number of hydrogen-bond acceptors (Lipinski definition) is 6. The summed E-state index contributed by atoms with van der Waals surface area (Å²) in [6, 6.07) is 2.35. The largest absolute Gasteiger partial charge is 0.339 e. The van der Waals surface area contributed by atoms with Crippen molar-refractivity contribution in [3.63, 3.8) is 0 Å². The molecule has 2 aromatic rings. The van der Waals surface area contributed by atoms with Crippen LogP contribution >= 0.6 is 11.3 Å². The first-order valence-corrected chi connectivity index (χ1v) is 7.85. The summed E-state index contributed by atoms with van der Waals surface area (Å²) in [6.07, 6.45) is 6.00. The molecule has 0 bridgehead atoms. The van der Waals surface area contributed by atoms with E-state index in [0.717, 1.165) is 31.3 Å². The molecule has 5 nitrogen and oxygen atoms in total. The highest BCUT2D eigenvalue weighted by Crippen LogP contribution is 2.17. The van der Waals surface area contributed by atoms with Gasteiger partial charge >= 0.3 is 0 Å². The zero-order chi connectivity index (χ0) is 13.8. The third kappa shape index (κ3) is 3.13. The Kier molecular flexibility index (Phi) is 4.22. The smallest absolute Gasteiger partial charge is 0.225 e. The Balaban J connectivity index is 1.57. The minimum absolute atomic E-state index is 0.494. The van der Waals surface area contributed by atoms with E-state index >= 15 is 0 Å². The summed E-state index contributed by atoms with van der Waals surface area (Å²) in [7, 11) is 0. The van der Waals surface area contributed by atoms with Gasteiger partial charge in [-0.1, -0.05) is 0 Å². The molecule has 0 aliphatic carbocycles. The second-order valence-corrected chi connectivity index (χ2v) is 6.02. The average molecular weight is 289 g/mol. The Bertz CT molecular complexity index is 542. The van der Waals surface area contributed by atoms with E-state index in [-0.39, 0.29) is 0 Å². The molecule has 0 aromatic carbocycles. The Hall–Kier alpha value is -1.53. The van der Waals surface area contributed by atoms with E-state index < -0.39 is 0 Å². The number of aryl methyl sites for hydroxylation is 1. The molecule has 20 heavy (non-hydrogen) atoms. The highest BCUT2D eigenvalue weighted by atomic mass is 32.1. The standard InChI is InChI=1S/C14H19N5S/c1-11-13(20-10-18-11)8-17-12-4-2-7-19(9-12)14-15-5-3-6-16-14/h3,5-6,10,12,17H,2,4,7-9H2,1H3. The summed E-state index contributed by atoms with van der Waals surface area (Å²) in [5, 5.41) is 3.64. The maximum atomic E-state index is 4.34. The van der Waals surface area contributed by atoms with Gasteiger partial charge in [0.15, 0.2) is 0 Å². The van der Waals surface area contributed by atoms with Crippen molar-refractivity contribution in [2.45, 2.75) is 32.4 Å². The topological polar surface area (TPSA) is 53.9 Å². The maximum Gasteiger partial charge on any atom is 0.225 e. The van der Waals surface area contributed by atoms with Crippen LogP contribution in [0.4, 0.5) is 5.95 Å². The van der Waals surface area contributed by atoms with Crippen LogP contribution in [-0.2, 0) is 6.54 Å². The molecule has 6 heteroatoms. The van der Waals surface area contributed by atoms with Crippen LogP contribution in [-0.4, -0.2) is 34.1 Å². The van der Waals surface area contributed by atoms with Crippen LogP contribution in [0.2, 0.25) is 0 Å². The van der Waals surface area contributed by atoms with Crippen LogP contribution in [0.15, 0.2) is 24.0 Å². The van der Waals surface area contributed by atoms with Crippen molar-refractivity contribution in [1.29, 1.82) is 0 Å². The summed E-state index contributed by atoms with van der Waals surface area (Å²) < 4.78 is 0. The van der Waals surface area contributed by atoms with Crippen molar-refractivity contribution in [2.24, 2.45) is 0 Å². The van der Waals surface area contributed by atoms with Crippen molar-refractivity contribution in [3.05, 3.63) is 34.5 Å². The Morgan fingerprint density at radius 1 is 1.35 bits per heavy atom. The number of aromatic nitrogens is 3. The van der Waals surface area contributed by atoms with Gasteiger partial charge < -0.3 is 10.2 Å². The average Bonchev–Trinajstić information content (AvgIpc) is 2.92. The second kappa shape index (κ2) is 6.28. The Labute approximate surface area is 123 Å². The van der Waals surface area contributed by atoms with Gasteiger partial charge in [-0.15, -0.1) is 11.3 Å². The molecule has 0 spiro atoms. The molecular formula is C14H19N5S. The molecule has 1 fully saturated rings. The first-order chi connectivity index (χ1) is 9.83. The van der Waals surface area contributed by atoms with Crippen LogP contribution in [0.5, 0.6) is 0 Å². The molecule has 1 saturated heterocycles. The number of rotatable bonds is 4. The van der Waals surface area contributed by atoms with Gasteiger partial charge in [-0.3, -0.25) is 0 Å². The van der Waals surface area contributed by atoms with E-state index in [4.69, 9.17) is 0 Å². The molecule has 1 N–H and O–H groups in total. The maximum absolute atomic E-state index is 4.34. The molecule has 1 atom stereocenters. The quantitative estimate of drug-likeness (QED) is 0.933. The van der Waals surface area contributed by atoms with E-state index in [1.165, 1.54) is 17.7 Å². The third-order valence-corrected chi connectivity index (χ3v) is 4.59. The molecule has 0 saturated carbocycles. The number of piperidine rings is 1. The second-order valence-electron chi connectivity index (χ2n) is 5.08. The molecule has 106 valence electrons. The first-order valence-electron chi connectivity index (χ1n) is 6.97. The molecular weight excluding hydrogens is 270 g/mol. The number of anilines is 1. The van der Waals surface area contributed by atoms with Gasteiger partial charge in [-0.25, -0.2) is 15.0 Å². The van der Waals surface area contributed by atoms with Crippen molar-refractivity contribution in [1.82, 2.24) is 20.3 Å². The molecule has 1 unspecified atom stereocenters. The lowest BCUT2D eigenvalue weighted by molar-refractivity contribution is 0.419. The predicted octanol–water partition coefficient (Wildman–Crippen LogP) is 2.00. The Morgan fingerprint density at radius 2 is 2.20 bits per heavy atom. The Morgan fingerprint density at radius 3 is 2.95 bits per heavy atom. The summed E-state index contributed by atoms with van der Waals surface area (Å²) in [6.45, 7) is 4.99. The van der Waals surface area contributed by atoms with E-state index in [1.54, 1.807) is 23.7 Å². The van der Waals surface area contributed by atoms with Crippen LogP contribution in [0.25, 0.3) is 0 Å². The van der Waals surface area contributed by atoms with Crippen LogP contribution in [0.1, 0.15) is 23.4 Å². The lowest BCUT2D eigenvalue weighted by Gasteiger charge is -2.33. The molecule has 3 rings (SSSR count). The summed E-state index contributed by atoms with van der Waals surface area (Å²) in [5.41, 5.74) is 3.05. The van der Waals surface area contributed by atoms with Crippen molar-refractivity contribution in [3.8, 4) is 0 Å². The summed E-state index contributed by atoms with van der Waals surface area (Å²) in [4.78, 5) is 16.6. The van der Waals surface area contributed by atoms with E-state index in [9.17, 15) is 0 Å². The molecule has 0 amide bonds. The molecule has 2 aromatic heterocycles. The zero-order valence-corrected chi connectivity index (χ0v) is 12.4. The molecule has 1 aliphatic rings. The number of nitrogens with zero attached hydrogens (tertiary/aromatic N) is 4. The first kappa shape index (κ1) is 13.5. The number of hydrogen-bond donors (Lipinski definition) is 1. The van der Waals surface area contributed by atoms with Crippen LogP contribution in [0, 0.1) is 6.92 Å². The summed E-state index contributed by atoms with van der Waals surface area (Å²) in [5.74, 6) is 0.841. The highest BCUT2D eigenvalue weighted by molar-refractivity contribution is 7.09. The van der Waals surface area contributed by atoms with Gasteiger partial charge in [-0.2, -0.15) is 0 Å². The third-order valence-electron chi connectivity index (χ3n) is 3.65. The van der Waals surface area contributed by atoms with Gasteiger partial charge in [0.05, 0.1) is 11.2 Å². The lowest BCUT2D eigenvalue weighted by Crippen LogP contribution is -2.46. The summed E-state index contributed by atoms with van der Waals surface area (Å²) >= 11 is 1.72. The molecule has 0 radical (unpaired) electrons. The van der Waals surface area contributed by atoms with E-state index in [2.05, 4.69) is 32.1 Å². The van der Waals surface area contributed by atoms with Gasteiger partial charge in [-0.05, 0) is 25.8 Å². The zero-order valence-electron chi connectivity index (χ0n) is 11.6.